The Hall–Kier alpha value is -2.22. The van der Waals surface area contributed by atoms with Crippen molar-refractivity contribution in [2.75, 3.05) is 0 Å². The zero-order valence-corrected chi connectivity index (χ0v) is 8.67. The fourth-order valence-electron chi connectivity index (χ4n) is 2.01. The van der Waals surface area contributed by atoms with Crippen LogP contribution in [0.4, 0.5) is 0 Å². The van der Waals surface area contributed by atoms with Crippen molar-refractivity contribution in [3.63, 3.8) is 0 Å². The Morgan fingerprint density at radius 1 is 0.812 bits per heavy atom. The van der Waals surface area contributed by atoms with Crippen LogP contribution in [0.2, 0.25) is 0 Å². The van der Waals surface area contributed by atoms with Gasteiger partial charge in [-0.2, -0.15) is 4.73 Å². The second-order valence-corrected chi connectivity index (χ2v) is 3.77. The summed E-state index contributed by atoms with van der Waals surface area (Å²) in [4.78, 5) is 0. The van der Waals surface area contributed by atoms with Crippen molar-refractivity contribution >= 4 is 10.9 Å². The van der Waals surface area contributed by atoms with Crippen LogP contribution in [0.15, 0.2) is 60.8 Å². The van der Waals surface area contributed by atoms with Gasteiger partial charge >= 0.3 is 0 Å². The third kappa shape index (κ3) is 1.27. The molecule has 3 rings (SSSR count). The van der Waals surface area contributed by atoms with Gasteiger partial charge in [0.2, 0.25) is 0 Å². The van der Waals surface area contributed by atoms with Crippen LogP contribution >= 0.6 is 0 Å². The van der Waals surface area contributed by atoms with Crippen LogP contribution in [0, 0.1) is 0 Å². The monoisotopic (exact) mass is 209 g/mol. The molecule has 1 aromatic heterocycles. The predicted molar refractivity (Wildman–Crippen MR) is 64.6 cm³/mol. The summed E-state index contributed by atoms with van der Waals surface area (Å²) >= 11 is 0. The summed E-state index contributed by atoms with van der Waals surface area (Å²) in [6, 6.07) is 17.9. The molecule has 1 N–H and O–H groups in total. The first-order valence-corrected chi connectivity index (χ1v) is 5.21. The summed E-state index contributed by atoms with van der Waals surface area (Å²) < 4.78 is 1.18. The number of hydrogen-bond acceptors (Lipinski definition) is 1. The van der Waals surface area contributed by atoms with Crippen LogP contribution in [-0.4, -0.2) is 9.94 Å². The van der Waals surface area contributed by atoms with Gasteiger partial charge in [0.05, 0.1) is 11.7 Å². The molecule has 0 fully saturated rings. The van der Waals surface area contributed by atoms with E-state index in [0.717, 1.165) is 22.0 Å². The summed E-state index contributed by atoms with van der Waals surface area (Å²) in [6.07, 6.45) is 1.75. The fourth-order valence-corrected chi connectivity index (χ4v) is 2.01. The highest BCUT2D eigenvalue weighted by Gasteiger charge is 2.08. The molecule has 0 saturated heterocycles. The number of para-hydroxylation sites is 1. The third-order valence-electron chi connectivity index (χ3n) is 2.78. The van der Waals surface area contributed by atoms with E-state index in [0.29, 0.717) is 0 Å². The molecule has 16 heavy (non-hydrogen) atoms. The van der Waals surface area contributed by atoms with Crippen molar-refractivity contribution in [1.82, 2.24) is 4.73 Å². The summed E-state index contributed by atoms with van der Waals surface area (Å²) in [7, 11) is 0. The van der Waals surface area contributed by atoms with Crippen molar-refractivity contribution in [3.05, 3.63) is 60.8 Å². The maximum Gasteiger partial charge on any atom is 0.0871 e. The molecule has 2 heteroatoms. The van der Waals surface area contributed by atoms with Crippen molar-refractivity contribution in [2.45, 2.75) is 0 Å². The average Bonchev–Trinajstić information content (AvgIpc) is 2.69. The molecule has 0 aliphatic rings. The van der Waals surface area contributed by atoms with E-state index in [1.165, 1.54) is 4.73 Å². The molecule has 1 heterocycles. The third-order valence-corrected chi connectivity index (χ3v) is 2.78. The standard InChI is InChI=1S/C14H11NO/c16-15-10-13(11-6-2-1-3-7-11)12-8-4-5-9-14(12)15/h1-10,16H. The lowest BCUT2D eigenvalue weighted by atomic mass is 10.1. The quantitative estimate of drug-likeness (QED) is 0.609. The minimum Gasteiger partial charge on any atom is -0.428 e. The summed E-state index contributed by atoms with van der Waals surface area (Å²) in [5.74, 6) is 0. The van der Waals surface area contributed by atoms with E-state index in [4.69, 9.17) is 0 Å². The van der Waals surface area contributed by atoms with Crippen LogP contribution in [-0.2, 0) is 0 Å². The van der Waals surface area contributed by atoms with Crippen LogP contribution in [0.1, 0.15) is 0 Å². The lowest BCUT2D eigenvalue weighted by molar-refractivity contribution is 0.200. The first kappa shape index (κ1) is 9.04. The van der Waals surface area contributed by atoms with Gasteiger partial charge in [-0.1, -0.05) is 48.5 Å². The molecule has 0 aliphatic heterocycles. The molecule has 2 aromatic carbocycles. The normalized spacial score (nSPS) is 10.8. The number of rotatable bonds is 1. The van der Waals surface area contributed by atoms with Crippen molar-refractivity contribution in [1.29, 1.82) is 0 Å². The largest absolute Gasteiger partial charge is 0.428 e. The second-order valence-electron chi connectivity index (χ2n) is 3.77. The van der Waals surface area contributed by atoms with Gasteiger partial charge in [-0.05, 0) is 11.6 Å². The molecule has 0 saturated carbocycles. The lowest BCUT2D eigenvalue weighted by Gasteiger charge is -1.97. The summed E-state index contributed by atoms with van der Waals surface area (Å²) in [6.45, 7) is 0. The maximum absolute atomic E-state index is 9.77. The fraction of sp³-hybridized carbons (Fsp3) is 0. The van der Waals surface area contributed by atoms with E-state index in [1.54, 1.807) is 6.20 Å². The Bertz CT molecular complexity index is 626. The van der Waals surface area contributed by atoms with Gasteiger partial charge in [-0.25, -0.2) is 0 Å². The Morgan fingerprint density at radius 3 is 2.31 bits per heavy atom. The Balaban J connectivity index is 2.33. The molecule has 2 nitrogen and oxygen atoms in total. The first-order chi connectivity index (χ1) is 7.86. The molecule has 0 spiro atoms. The molecule has 3 aromatic rings. The van der Waals surface area contributed by atoms with E-state index < -0.39 is 0 Å². The molecule has 0 bridgehead atoms. The van der Waals surface area contributed by atoms with Gasteiger partial charge in [0.25, 0.3) is 0 Å². The van der Waals surface area contributed by atoms with Crippen molar-refractivity contribution in [3.8, 4) is 11.1 Å². The lowest BCUT2D eigenvalue weighted by Crippen LogP contribution is -1.84. The molecule has 78 valence electrons. The number of hydrogen-bond donors (Lipinski definition) is 1. The molecule has 0 amide bonds. The highest BCUT2D eigenvalue weighted by Crippen LogP contribution is 2.29. The second kappa shape index (κ2) is 3.42. The van der Waals surface area contributed by atoms with Crippen LogP contribution in [0.25, 0.3) is 22.0 Å². The number of nitrogens with zero attached hydrogens (tertiary/aromatic N) is 1. The van der Waals surface area contributed by atoms with E-state index >= 15 is 0 Å². The number of benzene rings is 2. The Kier molecular flexibility index (Phi) is 1.93. The summed E-state index contributed by atoms with van der Waals surface area (Å²) in [5, 5.41) is 10.8. The van der Waals surface area contributed by atoms with Gasteiger partial charge in [0.15, 0.2) is 0 Å². The molecular weight excluding hydrogens is 198 g/mol. The SMILES string of the molecule is On1cc(-c2ccccc2)c2ccccc21. The van der Waals surface area contributed by atoms with E-state index in [1.807, 2.05) is 54.6 Å². The Labute approximate surface area is 93.3 Å². The van der Waals surface area contributed by atoms with Crippen molar-refractivity contribution < 1.29 is 5.21 Å². The molecule has 0 aliphatic carbocycles. The Morgan fingerprint density at radius 2 is 1.50 bits per heavy atom. The zero-order chi connectivity index (χ0) is 11.0. The predicted octanol–water partition coefficient (Wildman–Crippen LogP) is 3.55. The molecular formula is C14H11NO. The number of fused-ring (bicyclic) bond motifs is 1. The van der Waals surface area contributed by atoms with E-state index in [-0.39, 0.29) is 0 Å². The molecule has 0 unspecified atom stereocenters. The minimum atomic E-state index is 0.835. The zero-order valence-electron chi connectivity index (χ0n) is 8.67. The van der Waals surface area contributed by atoms with Gasteiger partial charge in [0.1, 0.15) is 0 Å². The van der Waals surface area contributed by atoms with Gasteiger partial charge in [0, 0.05) is 10.9 Å². The number of aromatic nitrogens is 1. The smallest absolute Gasteiger partial charge is 0.0871 e. The highest BCUT2D eigenvalue weighted by atomic mass is 16.5. The molecule has 0 atom stereocenters. The summed E-state index contributed by atoms with van der Waals surface area (Å²) in [5.41, 5.74) is 3.01. The van der Waals surface area contributed by atoms with E-state index in [9.17, 15) is 5.21 Å². The first-order valence-electron chi connectivity index (χ1n) is 5.21. The topological polar surface area (TPSA) is 25.2 Å². The van der Waals surface area contributed by atoms with E-state index in [2.05, 4.69) is 0 Å². The maximum atomic E-state index is 9.77. The van der Waals surface area contributed by atoms with Gasteiger partial charge in [-0.15, -0.1) is 0 Å². The van der Waals surface area contributed by atoms with Gasteiger partial charge in [-0.3, -0.25) is 0 Å². The minimum absolute atomic E-state index is 0.835. The highest BCUT2D eigenvalue weighted by molar-refractivity contribution is 5.95. The van der Waals surface area contributed by atoms with Crippen molar-refractivity contribution in [2.24, 2.45) is 0 Å². The van der Waals surface area contributed by atoms with Gasteiger partial charge < -0.3 is 5.21 Å². The van der Waals surface area contributed by atoms with Crippen LogP contribution in [0.3, 0.4) is 0 Å². The van der Waals surface area contributed by atoms with Crippen LogP contribution < -0.4 is 0 Å². The molecule has 0 radical (unpaired) electrons. The van der Waals surface area contributed by atoms with Crippen LogP contribution in [0.5, 0.6) is 0 Å². The average molecular weight is 209 g/mol.